The number of hydrogen-bond acceptors (Lipinski definition) is 4. The maximum atomic E-state index is 10.7. The summed E-state index contributed by atoms with van der Waals surface area (Å²) in [7, 11) is 0. The van der Waals surface area contributed by atoms with Crippen LogP contribution >= 0.6 is 0 Å². The van der Waals surface area contributed by atoms with Gasteiger partial charge in [-0.1, -0.05) is 12.1 Å². The van der Waals surface area contributed by atoms with E-state index in [1.165, 1.54) is 0 Å². The van der Waals surface area contributed by atoms with E-state index >= 15 is 0 Å². The van der Waals surface area contributed by atoms with Crippen LogP contribution in [0.2, 0.25) is 0 Å². The summed E-state index contributed by atoms with van der Waals surface area (Å²) in [4.78, 5) is 13.0. The van der Waals surface area contributed by atoms with Crippen LogP contribution in [0.4, 0.5) is 10.5 Å². The Morgan fingerprint density at radius 1 is 1.15 bits per heavy atom. The molecule has 0 radical (unpaired) electrons. The van der Waals surface area contributed by atoms with Gasteiger partial charge in [-0.05, 0) is 55.8 Å². The Balaban J connectivity index is 1.48. The fourth-order valence-electron chi connectivity index (χ4n) is 2.94. The van der Waals surface area contributed by atoms with Gasteiger partial charge in [0, 0.05) is 5.69 Å². The second-order valence-electron chi connectivity index (χ2n) is 6.31. The highest BCUT2D eigenvalue weighted by Crippen LogP contribution is 2.26. The number of amides is 1. The Kier molecular flexibility index (Phi) is 5.51. The van der Waals surface area contributed by atoms with Gasteiger partial charge in [-0.15, -0.1) is 0 Å². The summed E-state index contributed by atoms with van der Waals surface area (Å²) in [6, 6.07) is 15.4. The molecule has 6 nitrogen and oxygen atoms in total. The zero-order valence-electron chi connectivity index (χ0n) is 15.0. The van der Waals surface area contributed by atoms with Crippen LogP contribution in [0.5, 0.6) is 11.5 Å². The first kappa shape index (κ1) is 17.9. The van der Waals surface area contributed by atoms with E-state index in [2.05, 4.69) is 22.3 Å². The molecule has 1 aliphatic rings. The second-order valence-corrected chi connectivity index (χ2v) is 6.31. The van der Waals surface area contributed by atoms with Crippen LogP contribution in [0.1, 0.15) is 25.5 Å². The number of nitrogens with one attached hydrogen (secondary N) is 1. The van der Waals surface area contributed by atoms with Crippen molar-refractivity contribution in [2.24, 2.45) is 0 Å². The highest BCUT2D eigenvalue weighted by molar-refractivity contribution is 5.65. The van der Waals surface area contributed by atoms with Crippen molar-refractivity contribution in [3.8, 4) is 11.5 Å². The van der Waals surface area contributed by atoms with Crippen molar-refractivity contribution < 1.29 is 19.4 Å². The Morgan fingerprint density at radius 2 is 1.77 bits per heavy atom. The van der Waals surface area contributed by atoms with E-state index in [1.807, 2.05) is 50.2 Å². The van der Waals surface area contributed by atoms with Gasteiger partial charge in [0.25, 0.3) is 0 Å². The number of anilines is 1. The number of hydrogen-bond donors (Lipinski definition) is 2. The normalized spacial score (nSPS) is 15.1. The summed E-state index contributed by atoms with van der Waals surface area (Å²) in [6.45, 7) is 6.13. The molecule has 1 amide bonds. The maximum Gasteiger partial charge on any atom is 0.405 e. The SMILES string of the molecule is CCOc1ccc(N2CC(Oc3ccc(C(C)NC(=O)O)cc3)C2)cc1. The van der Waals surface area contributed by atoms with E-state index < -0.39 is 6.09 Å². The van der Waals surface area contributed by atoms with Gasteiger partial charge < -0.3 is 24.8 Å². The molecule has 2 aromatic carbocycles. The third kappa shape index (κ3) is 4.39. The number of carboxylic acid groups (broad SMARTS) is 1. The van der Waals surface area contributed by atoms with Crippen LogP contribution < -0.4 is 19.7 Å². The highest BCUT2D eigenvalue weighted by atomic mass is 16.5. The molecule has 2 aromatic rings. The quantitative estimate of drug-likeness (QED) is 0.792. The lowest BCUT2D eigenvalue weighted by Crippen LogP contribution is -2.54. The summed E-state index contributed by atoms with van der Waals surface area (Å²) in [5.74, 6) is 1.68. The van der Waals surface area contributed by atoms with Crippen molar-refractivity contribution in [3.05, 3.63) is 54.1 Å². The summed E-state index contributed by atoms with van der Waals surface area (Å²) in [5.41, 5.74) is 2.07. The van der Waals surface area contributed by atoms with Crippen LogP contribution in [0.15, 0.2) is 48.5 Å². The molecular weight excluding hydrogens is 332 g/mol. The fourth-order valence-corrected chi connectivity index (χ4v) is 2.94. The molecule has 0 aromatic heterocycles. The first-order valence-electron chi connectivity index (χ1n) is 8.79. The van der Waals surface area contributed by atoms with Crippen molar-refractivity contribution in [1.82, 2.24) is 5.32 Å². The van der Waals surface area contributed by atoms with Gasteiger partial charge in [0.05, 0.1) is 25.7 Å². The molecule has 1 unspecified atom stereocenters. The first-order chi connectivity index (χ1) is 12.5. The number of rotatable bonds is 7. The van der Waals surface area contributed by atoms with Crippen molar-refractivity contribution in [3.63, 3.8) is 0 Å². The van der Waals surface area contributed by atoms with Gasteiger partial charge in [-0.25, -0.2) is 4.79 Å². The topological polar surface area (TPSA) is 71.0 Å². The van der Waals surface area contributed by atoms with Crippen LogP contribution in [0, 0.1) is 0 Å². The summed E-state index contributed by atoms with van der Waals surface area (Å²) >= 11 is 0. The van der Waals surface area contributed by atoms with Gasteiger partial charge in [0.1, 0.15) is 17.6 Å². The molecule has 1 heterocycles. The molecule has 2 N–H and O–H groups in total. The van der Waals surface area contributed by atoms with Gasteiger partial charge in [0.2, 0.25) is 0 Å². The zero-order valence-corrected chi connectivity index (χ0v) is 15.0. The Bertz CT molecular complexity index is 724. The molecule has 1 aliphatic heterocycles. The molecule has 0 bridgehead atoms. The third-order valence-corrected chi connectivity index (χ3v) is 4.38. The van der Waals surface area contributed by atoms with E-state index in [1.54, 1.807) is 0 Å². The molecule has 138 valence electrons. The third-order valence-electron chi connectivity index (χ3n) is 4.38. The zero-order chi connectivity index (χ0) is 18.5. The van der Waals surface area contributed by atoms with Crippen molar-refractivity contribution in [1.29, 1.82) is 0 Å². The lowest BCUT2D eigenvalue weighted by atomic mass is 10.1. The largest absolute Gasteiger partial charge is 0.494 e. The van der Waals surface area contributed by atoms with Gasteiger partial charge >= 0.3 is 6.09 Å². The van der Waals surface area contributed by atoms with Crippen LogP contribution in [0.25, 0.3) is 0 Å². The van der Waals surface area contributed by atoms with Crippen molar-refractivity contribution >= 4 is 11.8 Å². The van der Waals surface area contributed by atoms with E-state index in [-0.39, 0.29) is 12.1 Å². The second kappa shape index (κ2) is 7.99. The number of ether oxygens (including phenoxy) is 2. The standard InChI is InChI=1S/C20H24N2O4/c1-3-25-17-10-6-16(7-11-17)22-12-19(13-22)26-18-8-4-15(5-9-18)14(2)21-20(23)24/h4-11,14,19,21H,3,12-13H2,1-2H3,(H,23,24). The van der Waals surface area contributed by atoms with Crippen molar-refractivity contribution in [2.75, 3.05) is 24.6 Å². The summed E-state index contributed by atoms with van der Waals surface area (Å²) in [6.07, 6.45) is -0.872. The van der Waals surface area contributed by atoms with Crippen LogP contribution in [0.3, 0.4) is 0 Å². The lowest BCUT2D eigenvalue weighted by molar-refractivity contribution is 0.167. The molecule has 1 atom stereocenters. The maximum absolute atomic E-state index is 10.7. The van der Waals surface area contributed by atoms with Gasteiger partial charge in [-0.2, -0.15) is 0 Å². The summed E-state index contributed by atoms with van der Waals surface area (Å²) < 4.78 is 11.4. The lowest BCUT2D eigenvalue weighted by Gasteiger charge is -2.40. The minimum atomic E-state index is -1.03. The van der Waals surface area contributed by atoms with Crippen LogP contribution in [-0.4, -0.2) is 37.0 Å². The Morgan fingerprint density at radius 3 is 2.35 bits per heavy atom. The number of benzene rings is 2. The number of nitrogens with zero attached hydrogens (tertiary/aromatic N) is 1. The van der Waals surface area contributed by atoms with Crippen molar-refractivity contribution in [2.45, 2.75) is 26.0 Å². The average molecular weight is 356 g/mol. The van der Waals surface area contributed by atoms with E-state index in [9.17, 15) is 4.79 Å². The predicted octanol–water partition coefficient (Wildman–Crippen LogP) is 3.68. The van der Waals surface area contributed by atoms with E-state index in [4.69, 9.17) is 14.6 Å². The molecule has 0 spiro atoms. The minimum absolute atomic E-state index is 0.155. The van der Waals surface area contributed by atoms with Gasteiger partial charge in [-0.3, -0.25) is 0 Å². The molecule has 0 aliphatic carbocycles. The fraction of sp³-hybridized carbons (Fsp3) is 0.350. The molecule has 26 heavy (non-hydrogen) atoms. The molecular formula is C20H24N2O4. The average Bonchev–Trinajstić information content (AvgIpc) is 2.59. The van der Waals surface area contributed by atoms with Gasteiger partial charge in [0.15, 0.2) is 0 Å². The monoisotopic (exact) mass is 356 g/mol. The molecule has 0 saturated carbocycles. The Hall–Kier alpha value is -2.89. The van der Waals surface area contributed by atoms with E-state index in [0.717, 1.165) is 35.8 Å². The molecule has 3 rings (SSSR count). The number of carbonyl (C=O) groups is 1. The minimum Gasteiger partial charge on any atom is -0.494 e. The highest BCUT2D eigenvalue weighted by Gasteiger charge is 2.28. The van der Waals surface area contributed by atoms with Crippen LogP contribution in [-0.2, 0) is 0 Å². The Labute approximate surface area is 153 Å². The van der Waals surface area contributed by atoms with E-state index in [0.29, 0.717) is 6.61 Å². The smallest absolute Gasteiger partial charge is 0.405 e. The molecule has 6 heteroatoms. The summed E-state index contributed by atoms with van der Waals surface area (Å²) in [5, 5.41) is 11.2. The molecule has 1 fully saturated rings. The first-order valence-corrected chi connectivity index (χ1v) is 8.79. The predicted molar refractivity (Wildman–Crippen MR) is 100 cm³/mol. The molecule has 1 saturated heterocycles.